The molecule has 0 aromatic heterocycles. The Morgan fingerprint density at radius 1 is 0.778 bits per heavy atom. The van der Waals surface area contributed by atoms with E-state index in [1.54, 1.807) is 25.3 Å². The highest BCUT2D eigenvalue weighted by molar-refractivity contribution is 6.04. The van der Waals surface area contributed by atoms with E-state index in [1.165, 1.54) is 18.2 Å². The zero-order valence-electron chi connectivity index (χ0n) is 24.9. The van der Waals surface area contributed by atoms with Crippen LogP contribution >= 0.6 is 0 Å². The molecule has 4 aromatic rings. The smallest absolute Gasteiger partial charge is 0.418 e. The predicted octanol–water partition coefficient (Wildman–Crippen LogP) is 7.18. The van der Waals surface area contributed by atoms with Crippen LogP contribution in [0, 0.1) is 0 Å². The molecule has 5 rings (SSSR count). The first-order valence-corrected chi connectivity index (χ1v) is 14.5. The first-order valence-electron chi connectivity index (χ1n) is 14.5. The summed E-state index contributed by atoms with van der Waals surface area (Å²) in [4.78, 5) is 30.9. The summed E-state index contributed by atoms with van der Waals surface area (Å²) in [6, 6.07) is 25.8. The number of rotatable bonds is 8. The minimum Gasteiger partial charge on any atom is -0.495 e. The van der Waals surface area contributed by atoms with E-state index in [9.17, 15) is 22.8 Å². The average molecular weight is 618 g/mol. The fraction of sp³-hybridized carbons (Fsp3) is 0.235. The summed E-state index contributed by atoms with van der Waals surface area (Å²) in [6.07, 6.45) is -4.64. The average Bonchev–Trinajstić information content (AvgIpc) is 3.05. The molecule has 3 N–H and O–H groups in total. The van der Waals surface area contributed by atoms with E-state index >= 15 is 0 Å². The van der Waals surface area contributed by atoms with Gasteiger partial charge in [-0.3, -0.25) is 4.79 Å². The lowest BCUT2D eigenvalue weighted by Gasteiger charge is -2.38. The number of carbonyl (C=O) groups is 2. The van der Waals surface area contributed by atoms with Gasteiger partial charge in [-0.2, -0.15) is 13.2 Å². The summed E-state index contributed by atoms with van der Waals surface area (Å²) < 4.78 is 45.9. The van der Waals surface area contributed by atoms with Crippen molar-refractivity contribution in [2.24, 2.45) is 0 Å². The van der Waals surface area contributed by atoms with Gasteiger partial charge in [0.05, 0.1) is 35.7 Å². The summed E-state index contributed by atoms with van der Waals surface area (Å²) in [5, 5.41) is 7.90. The Hall–Kier alpha value is -5.19. The third-order valence-electron chi connectivity index (χ3n) is 7.67. The van der Waals surface area contributed by atoms with E-state index in [1.807, 2.05) is 61.5 Å². The largest absolute Gasteiger partial charge is 0.495 e. The fourth-order valence-corrected chi connectivity index (χ4v) is 5.37. The molecule has 0 radical (unpaired) electrons. The van der Waals surface area contributed by atoms with Crippen molar-refractivity contribution >= 4 is 34.7 Å². The molecule has 8 nitrogen and oxygen atoms in total. The van der Waals surface area contributed by atoms with E-state index in [4.69, 9.17) is 4.74 Å². The first-order chi connectivity index (χ1) is 21.6. The Bertz CT molecular complexity index is 1640. The molecule has 234 valence electrons. The molecule has 11 heteroatoms. The van der Waals surface area contributed by atoms with E-state index in [0.717, 1.165) is 23.1 Å². The lowest BCUT2D eigenvalue weighted by molar-refractivity contribution is -0.136. The number of amides is 3. The predicted molar refractivity (Wildman–Crippen MR) is 170 cm³/mol. The van der Waals surface area contributed by atoms with Crippen molar-refractivity contribution in [2.75, 3.05) is 53.7 Å². The number of benzene rings is 4. The van der Waals surface area contributed by atoms with Crippen molar-refractivity contribution in [3.8, 4) is 5.75 Å². The topological polar surface area (TPSA) is 85.9 Å². The highest BCUT2D eigenvalue weighted by Crippen LogP contribution is 2.35. The Morgan fingerprint density at radius 2 is 1.40 bits per heavy atom. The number of hydrogen-bond donors (Lipinski definition) is 3. The van der Waals surface area contributed by atoms with Crippen molar-refractivity contribution in [2.45, 2.75) is 19.1 Å². The molecule has 1 aliphatic rings. The number of urea groups is 1. The van der Waals surface area contributed by atoms with Crippen molar-refractivity contribution < 1.29 is 27.5 Å². The van der Waals surface area contributed by atoms with Crippen LogP contribution in [0.15, 0.2) is 97.1 Å². The van der Waals surface area contributed by atoms with Crippen molar-refractivity contribution in [3.05, 3.63) is 114 Å². The van der Waals surface area contributed by atoms with E-state index in [0.29, 0.717) is 37.4 Å². The summed E-state index contributed by atoms with van der Waals surface area (Å²) in [7, 11) is 1.64. The van der Waals surface area contributed by atoms with Crippen LogP contribution in [-0.4, -0.2) is 45.2 Å². The van der Waals surface area contributed by atoms with Gasteiger partial charge in [-0.05, 0) is 55.0 Å². The standard InChI is InChI=1S/C34H34F3N5O3/c1-23(24-10-4-3-5-11-24)38-32(43)26-22-25(39-33(44)40-28-13-7-6-12-27(28)34(35,36)37)16-17-29(26)41-18-20-42(21-19-41)30-14-8-9-15-31(30)45-2/h3-17,22-23H,18-21H2,1-2H3,(H,38,43)(H2,39,40,44). The molecule has 4 aromatic carbocycles. The highest BCUT2D eigenvalue weighted by Gasteiger charge is 2.33. The number of methoxy groups -OCH3 is 1. The second-order valence-corrected chi connectivity index (χ2v) is 10.6. The second kappa shape index (κ2) is 13.6. The van der Waals surface area contributed by atoms with Crippen LogP contribution in [0.25, 0.3) is 0 Å². The number of piperazine rings is 1. The molecule has 0 bridgehead atoms. The van der Waals surface area contributed by atoms with E-state index in [2.05, 4.69) is 25.8 Å². The monoisotopic (exact) mass is 617 g/mol. The number of halogens is 3. The van der Waals surface area contributed by atoms with Gasteiger partial charge in [-0.25, -0.2) is 4.79 Å². The van der Waals surface area contributed by atoms with Gasteiger partial charge in [0.2, 0.25) is 0 Å². The molecule has 1 unspecified atom stereocenters. The maximum atomic E-state index is 13.7. The van der Waals surface area contributed by atoms with Crippen LogP contribution in [0.2, 0.25) is 0 Å². The molecule has 0 aliphatic carbocycles. The summed E-state index contributed by atoms with van der Waals surface area (Å²) in [5.41, 5.74) is 1.85. The quantitative estimate of drug-likeness (QED) is 0.195. The van der Waals surface area contributed by atoms with E-state index < -0.39 is 17.8 Å². The second-order valence-electron chi connectivity index (χ2n) is 10.6. The Balaban J connectivity index is 1.37. The van der Waals surface area contributed by atoms with Crippen LogP contribution in [0.3, 0.4) is 0 Å². The molecular weight excluding hydrogens is 583 g/mol. The number of ether oxygens (including phenoxy) is 1. The minimum atomic E-state index is -4.64. The van der Waals surface area contributed by atoms with Crippen molar-refractivity contribution in [3.63, 3.8) is 0 Å². The normalized spacial score (nSPS) is 14.0. The zero-order chi connectivity index (χ0) is 32.0. The number of para-hydroxylation sites is 3. The number of anilines is 4. The van der Waals surface area contributed by atoms with Gasteiger partial charge < -0.3 is 30.5 Å². The zero-order valence-corrected chi connectivity index (χ0v) is 24.9. The Kier molecular flexibility index (Phi) is 9.46. The van der Waals surface area contributed by atoms with Gasteiger partial charge in [0.15, 0.2) is 0 Å². The Labute approximate surface area is 259 Å². The van der Waals surface area contributed by atoms with Gasteiger partial charge in [-0.15, -0.1) is 0 Å². The number of hydrogen-bond acceptors (Lipinski definition) is 5. The highest BCUT2D eigenvalue weighted by atomic mass is 19.4. The molecule has 3 amide bonds. The fourth-order valence-electron chi connectivity index (χ4n) is 5.37. The van der Waals surface area contributed by atoms with Crippen LogP contribution in [0.1, 0.15) is 34.5 Å². The molecule has 45 heavy (non-hydrogen) atoms. The summed E-state index contributed by atoms with van der Waals surface area (Å²) in [5.74, 6) is 0.437. The van der Waals surface area contributed by atoms with Gasteiger partial charge in [0, 0.05) is 37.6 Å². The molecule has 0 spiro atoms. The number of nitrogens with zero attached hydrogens (tertiary/aromatic N) is 2. The van der Waals surface area contributed by atoms with Crippen LogP contribution in [0.4, 0.5) is 40.7 Å². The number of nitrogens with one attached hydrogen (secondary N) is 3. The first kappa shape index (κ1) is 31.2. The lowest BCUT2D eigenvalue weighted by atomic mass is 10.1. The molecule has 1 atom stereocenters. The number of carbonyl (C=O) groups excluding carboxylic acids is 2. The molecule has 1 saturated heterocycles. The summed E-state index contributed by atoms with van der Waals surface area (Å²) >= 11 is 0. The Morgan fingerprint density at radius 3 is 2.09 bits per heavy atom. The van der Waals surface area contributed by atoms with Gasteiger partial charge in [0.25, 0.3) is 5.91 Å². The third-order valence-corrected chi connectivity index (χ3v) is 7.67. The molecule has 0 saturated carbocycles. The van der Waals surface area contributed by atoms with Crippen molar-refractivity contribution in [1.82, 2.24) is 5.32 Å². The molecule has 1 aliphatic heterocycles. The molecule has 1 heterocycles. The minimum absolute atomic E-state index is 0.255. The van der Waals surface area contributed by atoms with E-state index in [-0.39, 0.29) is 23.3 Å². The summed E-state index contributed by atoms with van der Waals surface area (Å²) in [6.45, 7) is 4.49. The van der Waals surface area contributed by atoms with Crippen LogP contribution < -0.4 is 30.5 Å². The molecule has 1 fully saturated rings. The lowest BCUT2D eigenvalue weighted by Crippen LogP contribution is -2.47. The van der Waals surface area contributed by atoms with Crippen LogP contribution in [-0.2, 0) is 6.18 Å². The number of alkyl halides is 3. The van der Waals surface area contributed by atoms with Crippen molar-refractivity contribution in [1.29, 1.82) is 0 Å². The SMILES string of the molecule is COc1ccccc1N1CCN(c2ccc(NC(=O)Nc3ccccc3C(F)(F)F)cc2C(=O)NC(C)c2ccccc2)CC1. The van der Waals surface area contributed by atoms with Gasteiger partial charge in [0.1, 0.15) is 5.75 Å². The van der Waals surface area contributed by atoms with Gasteiger partial charge >= 0.3 is 12.2 Å². The van der Waals surface area contributed by atoms with Gasteiger partial charge in [-0.1, -0.05) is 54.6 Å². The molecular formula is C34H34F3N5O3. The van der Waals surface area contributed by atoms with Crippen LogP contribution in [0.5, 0.6) is 5.75 Å². The maximum Gasteiger partial charge on any atom is 0.418 e. The maximum absolute atomic E-state index is 13.7. The third kappa shape index (κ3) is 7.49.